The molecule has 0 radical (unpaired) electrons. The van der Waals surface area contributed by atoms with Gasteiger partial charge in [-0.25, -0.2) is 9.59 Å². The quantitative estimate of drug-likeness (QED) is 0.267. The van der Waals surface area contributed by atoms with Crippen molar-refractivity contribution in [2.24, 2.45) is 0 Å². The molecule has 0 aromatic heterocycles. The van der Waals surface area contributed by atoms with Crippen LogP contribution in [0, 0.1) is 10.1 Å². The smallest absolute Gasteiger partial charge is 0.416 e. The lowest BCUT2D eigenvalue weighted by molar-refractivity contribution is -0.385. The second-order valence-corrected chi connectivity index (χ2v) is 5.27. The number of nitro groups is 1. The first-order valence-electron chi connectivity index (χ1n) is 7.15. The molecule has 0 fully saturated rings. The van der Waals surface area contributed by atoms with E-state index in [-0.39, 0.29) is 16.7 Å². The second-order valence-electron chi connectivity index (χ2n) is 5.27. The maximum absolute atomic E-state index is 12.6. The van der Waals surface area contributed by atoms with Gasteiger partial charge in [-0.1, -0.05) is 12.1 Å². The van der Waals surface area contributed by atoms with Gasteiger partial charge in [-0.05, 0) is 41.5 Å². The highest BCUT2D eigenvalue weighted by molar-refractivity contribution is 6.16. The van der Waals surface area contributed by atoms with Crippen LogP contribution >= 0.6 is 0 Å². The summed E-state index contributed by atoms with van der Waals surface area (Å²) >= 11 is 0. The van der Waals surface area contributed by atoms with Crippen molar-refractivity contribution in [1.82, 2.24) is 0 Å². The van der Waals surface area contributed by atoms with Crippen LogP contribution in [0.3, 0.4) is 0 Å². The lowest BCUT2D eigenvalue weighted by Gasteiger charge is -2.08. The summed E-state index contributed by atoms with van der Waals surface area (Å²) in [5, 5.41) is 28.9. The van der Waals surface area contributed by atoms with Crippen LogP contribution < -0.4 is 0 Å². The molecule has 2 aromatic carbocycles. The number of nitrogens with zero attached hydrogens (tertiary/aromatic N) is 1. The maximum Gasteiger partial charge on any atom is 0.416 e. The third kappa shape index (κ3) is 4.48. The number of benzene rings is 2. The average molecular weight is 381 g/mol. The van der Waals surface area contributed by atoms with Gasteiger partial charge in [0.1, 0.15) is 5.57 Å². The van der Waals surface area contributed by atoms with Crippen molar-refractivity contribution in [3.8, 4) is 11.1 Å². The minimum absolute atomic E-state index is 0.246. The van der Waals surface area contributed by atoms with E-state index >= 15 is 0 Å². The Morgan fingerprint density at radius 1 is 0.963 bits per heavy atom. The van der Waals surface area contributed by atoms with Crippen LogP contribution in [0.1, 0.15) is 11.1 Å². The van der Waals surface area contributed by atoms with Crippen molar-refractivity contribution in [3.05, 3.63) is 69.3 Å². The van der Waals surface area contributed by atoms with Crippen molar-refractivity contribution in [3.63, 3.8) is 0 Å². The summed E-state index contributed by atoms with van der Waals surface area (Å²) in [5.74, 6) is -3.59. The lowest BCUT2D eigenvalue weighted by atomic mass is 9.99. The Kier molecular flexibility index (Phi) is 5.29. The molecule has 7 nitrogen and oxygen atoms in total. The Morgan fingerprint density at radius 2 is 1.48 bits per heavy atom. The topological polar surface area (TPSA) is 118 Å². The van der Waals surface area contributed by atoms with E-state index in [1.54, 1.807) is 0 Å². The van der Waals surface area contributed by atoms with Crippen molar-refractivity contribution in [2.75, 3.05) is 0 Å². The first-order chi connectivity index (χ1) is 12.5. The predicted molar refractivity (Wildman–Crippen MR) is 86.8 cm³/mol. The van der Waals surface area contributed by atoms with Gasteiger partial charge >= 0.3 is 18.1 Å². The Morgan fingerprint density at radius 3 is 1.93 bits per heavy atom. The van der Waals surface area contributed by atoms with E-state index in [0.717, 1.165) is 36.4 Å². The van der Waals surface area contributed by atoms with Gasteiger partial charge < -0.3 is 10.2 Å². The number of rotatable bonds is 5. The molecule has 10 heteroatoms. The molecule has 0 aliphatic rings. The molecule has 27 heavy (non-hydrogen) atoms. The fraction of sp³-hybridized carbons (Fsp3) is 0.0588. The average Bonchev–Trinajstić information content (AvgIpc) is 2.58. The number of alkyl halides is 3. The lowest BCUT2D eigenvalue weighted by Crippen LogP contribution is -2.11. The summed E-state index contributed by atoms with van der Waals surface area (Å²) in [4.78, 5) is 32.2. The highest BCUT2D eigenvalue weighted by atomic mass is 19.4. The largest absolute Gasteiger partial charge is 0.477 e. The van der Waals surface area contributed by atoms with Gasteiger partial charge in [-0.15, -0.1) is 0 Å². The van der Waals surface area contributed by atoms with E-state index in [9.17, 15) is 32.9 Å². The zero-order chi connectivity index (χ0) is 20.4. The van der Waals surface area contributed by atoms with Crippen LogP contribution in [-0.2, 0) is 15.8 Å². The predicted octanol–water partition coefficient (Wildman–Crippen LogP) is 3.83. The molecule has 0 spiro atoms. The highest BCUT2D eigenvalue weighted by Gasteiger charge is 2.30. The SMILES string of the molecule is O=C(O)C(=Cc1cc(-c2ccc(C(F)(F)F)cc2)ccc1[N+](=O)[O-])C(=O)O. The van der Waals surface area contributed by atoms with Crippen LogP contribution in [0.5, 0.6) is 0 Å². The van der Waals surface area contributed by atoms with E-state index in [0.29, 0.717) is 6.08 Å². The highest BCUT2D eigenvalue weighted by Crippen LogP contribution is 2.32. The first kappa shape index (κ1) is 19.6. The summed E-state index contributed by atoms with van der Waals surface area (Å²) in [7, 11) is 0. The number of aliphatic carboxylic acids is 2. The molecule has 0 aliphatic carbocycles. The number of hydrogen-bond donors (Lipinski definition) is 2. The van der Waals surface area contributed by atoms with Crippen LogP contribution in [0.4, 0.5) is 18.9 Å². The molecule has 0 aliphatic heterocycles. The number of nitro benzene ring substituents is 1. The van der Waals surface area contributed by atoms with E-state index in [4.69, 9.17) is 10.2 Å². The molecular formula is C17H10F3NO6. The van der Waals surface area contributed by atoms with Crippen LogP contribution in [-0.4, -0.2) is 27.1 Å². The van der Waals surface area contributed by atoms with E-state index < -0.39 is 39.9 Å². The molecule has 2 aromatic rings. The van der Waals surface area contributed by atoms with E-state index in [1.807, 2.05) is 0 Å². The van der Waals surface area contributed by atoms with Crippen LogP contribution in [0.25, 0.3) is 17.2 Å². The van der Waals surface area contributed by atoms with Crippen molar-refractivity contribution < 1.29 is 37.9 Å². The van der Waals surface area contributed by atoms with Gasteiger partial charge in [-0.3, -0.25) is 10.1 Å². The Balaban J connectivity index is 2.58. The molecule has 0 heterocycles. The van der Waals surface area contributed by atoms with Gasteiger partial charge in [0.15, 0.2) is 0 Å². The fourth-order valence-electron chi connectivity index (χ4n) is 2.24. The molecule has 2 rings (SSSR count). The summed E-state index contributed by atoms with van der Waals surface area (Å²) in [5.41, 5.74) is -2.31. The third-order valence-corrected chi connectivity index (χ3v) is 3.53. The van der Waals surface area contributed by atoms with E-state index in [1.165, 1.54) is 6.07 Å². The molecule has 0 unspecified atom stereocenters. The summed E-state index contributed by atoms with van der Waals surface area (Å²) in [6.45, 7) is 0. The van der Waals surface area contributed by atoms with E-state index in [2.05, 4.69) is 0 Å². The van der Waals surface area contributed by atoms with Crippen LogP contribution in [0.2, 0.25) is 0 Å². The van der Waals surface area contributed by atoms with Crippen molar-refractivity contribution in [2.45, 2.75) is 6.18 Å². The van der Waals surface area contributed by atoms with Crippen molar-refractivity contribution in [1.29, 1.82) is 0 Å². The Hall–Kier alpha value is -3.69. The number of halogens is 3. The molecule has 2 N–H and O–H groups in total. The number of hydrogen-bond acceptors (Lipinski definition) is 4. The zero-order valence-corrected chi connectivity index (χ0v) is 13.2. The van der Waals surface area contributed by atoms with Gasteiger partial charge in [0.2, 0.25) is 0 Å². The molecular weight excluding hydrogens is 371 g/mol. The van der Waals surface area contributed by atoms with Gasteiger partial charge in [-0.2, -0.15) is 13.2 Å². The van der Waals surface area contributed by atoms with Crippen molar-refractivity contribution >= 4 is 23.7 Å². The number of carboxylic acid groups (broad SMARTS) is 2. The summed E-state index contributed by atoms with van der Waals surface area (Å²) < 4.78 is 37.9. The Bertz CT molecular complexity index is 932. The normalized spacial score (nSPS) is 10.9. The monoisotopic (exact) mass is 381 g/mol. The fourth-order valence-corrected chi connectivity index (χ4v) is 2.24. The maximum atomic E-state index is 12.6. The second kappa shape index (κ2) is 7.28. The molecule has 0 saturated heterocycles. The molecule has 0 saturated carbocycles. The standard InChI is InChI=1S/C17H10F3NO6/c18-17(19,20)12-4-1-9(2-5-12)10-3-6-14(21(26)27)11(7-10)8-13(15(22)23)16(24)25/h1-8H,(H,22,23)(H,24,25). The Labute approximate surface area is 149 Å². The first-order valence-corrected chi connectivity index (χ1v) is 7.15. The minimum atomic E-state index is -4.53. The van der Waals surface area contributed by atoms with Gasteiger partial charge in [0, 0.05) is 6.07 Å². The molecule has 0 amide bonds. The zero-order valence-electron chi connectivity index (χ0n) is 13.2. The third-order valence-electron chi connectivity index (χ3n) is 3.53. The minimum Gasteiger partial charge on any atom is -0.477 e. The number of carboxylic acids is 2. The molecule has 0 bridgehead atoms. The number of carbonyl (C=O) groups is 2. The van der Waals surface area contributed by atoms with Gasteiger partial charge in [0.25, 0.3) is 5.69 Å². The molecule has 140 valence electrons. The summed E-state index contributed by atoms with van der Waals surface area (Å²) in [6.07, 6.45) is -3.91. The van der Waals surface area contributed by atoms with Gasteiger partial charge in [0.05, 0.1) is 16.1 Å². The van der Waals surface area contributed by atoms with Crippen LogP contribution in [0.15, 0.2) is 48.0 Å². The molecule has 0 atom stereocenters. The summed E-state index contributed by atoms with van der Waals surface area (Å²) in [6, 6.07) is 7.35.